The predicted octanol–water partition coefficient (Wildman–Crippen LogP) is 2.43. The summed E-state index contributed by atoms with van der Waals surface area (Å²) in [6, 6.07) is 8.81. The molecule has 0 bridgehead atoms. The lowest BCUT2D eigenvalue weighted by Crippen LogP contribution is -1.97. The van der Waals surface area contributed by atoms with E-state index in [1.54, 1.807) is 22.9 Å². The lowest BCUT2D eigenvalue weighted by Gasteiger charge is -1.98. The second kappa shape index (κ2) is 4.24. The van der Waals surface area contributed by atoms with E-state index < -0.39 is 5.97 Å². The van der Waals surface area contributed by atoms with Crippen LogP contribution in [0.25, 0.3) is 16.9 Å². The Morgan fingerprint density at radius 3 is 2.86 bits per heavy atom. The summed E-state index contributed by atoms with van der Waals surface area (Å²) in [5.74, 6) is 0.446. The lowest BCUT2D eigenvalue weighted by atomic mass is 10.1. The Hall–Kier alpha value is -3.02. The average Bonchev–Trinajstić information content (AvgIpc) is 3.11. The van der Waals surface area contributed by atoms with Crippen molar-refractivity contribution in [2.45, 2.75) is 0 Å². The number of carboxylic acid groups (broad SMARTS) is 1. The minimum Gasteiger partial charge on any atom is -0.478 e. The maximum absolute atomic E-state index is 11.0. The van der Waals surface area contributed by atoms with Crippen molar-refractivity contribution in [3.05, 3.63) is 48.3 Å². The molecule has 0 saturated carbocycles. The quantitative estimate of drug-likeness (QED) is 0.781. The van der Waals surface area contributed by atoms with Crippen LogP contribution in [0.2, 0.25) is 0 Å². The number of hydrogen-bond donors (Lipinski definition) is 1. The van der Waals surface area contributed by atoms with Gasteiger partial charge < -0.3 is 19.0 Å². The van der Waals surface area contributed by atoms with Gasteiger partial charge in [0, 0.05) is 18.0 Å². The number of carboxylic acids is 1. The first kappa shape index (κ1) is 11.8. The molecular formula is C15H10N2O4. The summed E-state index contributed by atoms with van der Waals surface area (Å²) in [5, 5.41) is 9.01. The Labute approximate surface area is 119 Å². The fraction of sp³-hybridized carbons (Fsp3) is 0.0667. The van der Waals surface area contributed by atoms with Crippen LogP contribution in [0.4, 0.5) is 0 Å². The van der Waals surface area contributed by atoms with Gasteiger partial charge in [-0.3, -0.25) is 0 Å². The molecular weight excluding hydrogens is 272 g/mol. The molecule has 0 atom stereocenters. The molecule has 1 aliphatic rings. The number of aromatic nitrogens is 2. The molecule has 1 aromatic carbocycles. The summed E-state index contributed by atoms with van der Waals surface area (Å²) in [6.07, 6.45) is 3.33. The van der Waals surface area contributed by atoms with E-state index in [1.165, 1.54) is 6.07 Å². The van der Waals surface area contributed by atoms with Crippen molar-refractivity contribution in [3.8, 4) is 22.8 Å². The zero-order chi connectivity index (χ0) is 14.4. The van der Waals surface area contributed by atoms with E-state index in [9.17, 15) is 4.79 Å². The maximum Gasteiger partial charge on any atom is 0.337 e. The Balaban J connectivity index is 1.81. The van der Waals surface area contributed by atoms with Gasteiger partial charge in [-0.15, -0.1) is 0 Å². The molecule has 0 amide bonds. The summed E-state index contributed by atoms with van der Waals surface area (Å²) in [4.78, 5) is 15.5. The predicted molar refractivity (Wildman–Crippen MR) is 73.7 cm³/mol. The van der Waals surface area contributed by atoms with Crippen LogP contribution in [-0.2, 0) is 0 Å². The molecule has 6 heteroatoms. The zero-order valence-electron chi connectivity index (χ0n) is 10.8. The Morgan fingerprint density at radius 2 is 2.00 bits per heavy atom. The number of hydrogen-bond acceptors (Lipinski definition) is 4. The van der Waals surface area contributed by atoms with E-state index in [2.05, 4.69) is 4.98 Å². The summed E-state index contributed by atoms with van der Waals surface area (Å²) in [5.41, 5.74) is 2.54. The fourth-order valence-electron chi connectivity index (χ4n) is 2.31. The number of benzene rings is 1. The first-order valence-electron chi connectivity index (χ1n) is 6.33. The van der Waals surface area contributed by atoms with Crippen molar-refractivity contribution in [2.75, 3.05) is 6.79 Å². The number of carbonyl (C=O) groups is 1. The molecule has 3 heterocycles. The van der Waals surface area contributed by atoms with Gasteiger partial charge in [-0.25, -0.2) is 9.78 Å². The van der Waals surface area contributed by atoms with Crippen LogP contribution in [-0.4, -0.2) is 27.3 Å². The first-order valence-corrected chi connectivity index (χ1v) is 6.33. The molecule has 0 unspecified atom stereocenters. The Kier molecular flexibility index (Phi) is 2.38. The van der Waals surface area contributed by atoms with Gasteiger partial charge in [-0.2, -0.15) is 0 Å². The van der Waals surface area contributed by atoms with Gasteiger partial charge in [0.15, 0.2) is 11.5 Å². The van der Waals surface area contributed by atoms with Crippen LogP contribution in [0.15, 0.2) is 42.7 Å². The molecule has 21 heavy (non-hydrogen) atoms. The highest BCUT2D eigenvalue weighted by Crippen LogP contribution is 2.35. The molecule has 4 rings (SSSR count). The third-order valence-corrected chi connectivity index (χ3v) is 3.37. The normalized spacial score (nSPS) is 12.8. The van der Waals surface area contributed by atoms with Crippen LogP contribution in [0.3, 0.4) is 0 Å². The van der Waals surface area contributed by atoms with Crippen LogP contribution in [0.1, 0.15) is 10.4 Å². The highest BCUT2D eigenvalue weighted by Gasteiger charge is 2.15. The van der Waals surface area contributed by atoms with Gasteiger partial charge in [0.2, 0.25) is 6.79 Å². The monoisotopic (exact) mass is 282 g/mol. The van der Waals surface area contributed by atoms with Crippen LogP contribution >= 0.6 is 0 Å². The van der Waals surface area contributed by atoms with Crippen molar-refractivity contribution in [1.29, 1.82) is 0 Å². The van der Waals surface area contributed by atoms with Gasteiger partial charge in [0.25, 0.3) is 0 Å². The summed E-state index contributed by atoms with van der Waals surface area (Å²) in [6.45, 7) is 0.228. The van der Waals surface area contributed by atoms with E-state index >= 15 is 0 Å². The van der Waals surface area contributed by atoms with Gasteiger partial charge >= 0.3 is 5.97 Å². The molecule has 0 spiro atoms. The van der Waals surface area contributed by atoms with E-state index in [1.807, 2.05) is 18.2 Å². The zero-order valence-corrected chi connectivity index (χ0v) is 10.8. The van der Waals surface area contributed by atoms with E-state index in [0.29, 0.717) is 11.4 Å². The molecule has 1 aliphatic heterocycles. The summed E-state index contributed by atoms with van der Waals surface area (Å²) < 4.78 is 12.3. The number of ether oxygens (including phenoxy) is 2. The highest BCUT2D eigenvalue weighted by molar-refractivity contribution is 5.87. The number of nitrogens with zero attached hydrogens (tertiary/aromatic N) is 2. The van der Waals surface area contributed by atoms with Crippen LogP contribution < -0.4 is 9.47 Å². The molecule has 2 aromatic heterocycles. The molecule has 104 valence electrons. The van der Waals surface area contributed by atoms with Crippen LogP contribution in [0.5, 0.6) is 11.5 Å². The molecule has 0 fully saturated rings. The van der Waals surface area contributed by atoms with Crippen molar-refractivity contribution >= 4 is 11.6 Å². The average molecular weight is 282 g/mol. The minimum atomic E-state index is -0.963. The number of aromatic carboxylic acids is 1. The minimum absolute atomic E-state index is 0.220. The third kappa shape index (κ3) is 1.88. The van der Waals surface area contributed by atoms with E-state index in [4.69, 9.17) is 14.6 Å². The number of fused-ring (bicyclic) bond motifs is 2. The highest BCUT2D eigenvalue weighted by atomic mass is 16.7. The summed E-state index contributed by atoms with van der Waals surface area (Å²) >= 11 is 0. The largest absolute Gasteiger partial charge is 0.478 e. The molecule has 3 aromatic rings. The standard InChI is InChI=1S/C15H10N2O4/c18-15(19)10-2-4-14-16-11(7-17(14)6-10)9-1-3-12-13(5-9)21-8-20-12/h1-7H,8H2,(H,18,19). The summed E-state index contributed by atoms with van der Waals surface area (Å²) in [7, 11) is 0. The molecule has 0 radical (unpaired) electrons. The number of rotatable bonds is 2. The second-order valence-corrected chi connectivity index (χ2v) is 4.68. The van der Waals surface area contributed by atoms with Crippen molar-refractivity contribution in [2.24, 2.45) is 0 Å². The van der Waals surface area contributed by atoms with Crippen molar-refractivity contribution in [3.63, 3.8) is 0 Å². The molecule has 1 N–H and O–H groups in total. The van der Waals surface area contributed by atoms with Crippen LogP contribution in [0, 0.1) is 0 Å². The van der Waals surface area contributed by atoms with Gasteiger partial charge in [0.05, 0.1) is 11.3 Å². The van der Waals surface area contributed by atoms with Gasteiger partial charge in [0.1, 0.15) is 5.65 Å². The van der Waals surface area contributed by atoms with Gasteiger partial charge in [-0.1, -0.05) is 0 Å². The van der Waals surface area contributed by atoms with Crippen molar-refractivity contribution < 1.29 is 19.4 Å². The Morgan fingerprint density at radius 1 is 1.14 bits per heavy atom. The fourth-order valence-corrected chi connectivity index (χ4v) is 2.31. The Bertz CT molecular complexity index is 869. The number of pyridine rings is 1. The topological polar surface area (TPSA) is 73.1 Å². The second-order valence-electron chi connectivity index (χ2n) is 4.68. The maximum atomic E-state index is 11.0. The number of imidazole rings is 1. The van der Waals surface area contributed by atoms with E-state index in [0.717, 1.165) is 17.0 Å². The molecule has 0 aliphatic carbocycles. The smallest absolute Gasteiger partial charge is 0.337 e. The SMILES string of the molecule is O=C(O)c1ccc2nc(-c3ccc4c(c3)OCO4)cn2c1. The first-order chi connectivity index (χ1) is 10.2. The third-order valence-electron chi connectivity index (χ3n) is 3.37. The molecule has 6 nitrogen and oxygen atoms in total. The lowest BCUT2D eigenvalue weighted by molar-refractivity contribution is 0.0696. The van der Waals surface area contributed by atoms with Gasteiger partial charge in [-0.05, 0) is 30.3 Å². The van der Waals surface area contributed by atoms with E-state index in [-0.39, 0.29) is 12.4 Å². The van der Waals surface area contributed by atoms with Crippen molar-refractivity contribution in [1.82, 2.24) is 9.38 Å². The molecule has 0 saturated heterocycles.